The number of sulfonamides is 1. The second kappa shape index (κ2) is 5.60. The highest BCUT2D eigenvalue weighted by atomic mass is 32.2. The zero-order valence-corrected chi connectivity index (χ0v) is 14.7. The van der Waals surface area contributed by atoms with Crippen LogP contribution in [0.4, 0.5) is 0 Å². The van der Waals surface area contributed by atoms with E-state index in [0.717, 1.165) is 35.5 Å². The van der Waals surface area contributed by atoms with Crippen molar-refractivity contribution in [1.29, 1.82) is 0 Å². The van der Waals surface area contributed by atoms with Gasteiger partial charge in [0.05, 0.1) is 4.90 Å². The van der Waals surface area contributed by atoms with Crippen molar-refractivity contribution in [2.24, 2.45) is 5.92 Å². The predicted octanol–water partition coefficient (Wildman–Crippen LogP) is 3.76. The summed E-state index contributed by atoms with van der Waals surface area (Å²) < 4.78 is 33.6. The third-order valence-corrected chi connectivity index (χ3v) is 6.68. The smallest absolute Gasteiger partial charge is 0.243 e. The summed E-state index contributed by atoms with van der Waals surface area (Å²) in [6.45, 7) is 4.24. The van der Waals surface area contributed by atoms with Gasteiger partial charge in [-0.05, 0) is 56.9 Å². The maximum atomic E-state index is 13.1. The normalized spacial score (nSPS) is 21.9. The van der Waals surface area contributed by atoms with Gasteiger partial charge in [0, 0.05) is 18.2 Å². The number of hydrogen-bond acceptors (Lipinski definition) is 3. The minimum absolute atomic E-state index is 0.0586. The van der Waals surface area contributed by atoms with Crippen LogP contribution in [-0.2, 0) is 10.0 Å². The van der Waals surface area contributed by atoms with Gasteiger partial charge in [0.1, 0.15) is 11.5 Å². The van der Waals surface area contributed by atoms with Gasteiger partial charge in [0.25, 0.3) is 0 Å². The van der Waals surface area contributed by atoms with Crippen LogP contribution in [-0.4, -0.2) is 25.3 Å². The Morgan fingerprint density at radius 1 is 1.04 bits per heavy atom. The Kier molecular flexibility index (Phi) is 3.66. The summed E-state index contributed by atoms with van der Waals surface area (Å²) in [5, 5.41) is 0. The molecule has 2 aliphatic rings. The lowest BCUT2D eigenvalue weighted by Crippen LogP contribution is -2.37. The fourth-order valence-corrected chi connectivity index (χ4v) is 4.90. The monoisotopic (exact) mass is 343 g/mol. The molecule has 4 nitrogen and oxygen atoms in total. The van der Waals surface area contributed by atoms with Crippen molar-refractivity contribution in [3.8, 4) is 0 Å². The van der Waals surface area contributed by atoms with E-state index in [2.05, 4.69) is 6.08 Å². The van der Waals surface area contributed by atoms with Crippen molar-refractivity contribution >= 4 is 15.6 Å². The van der Waals surface area contributed by atoms with E-state index in [4.69, 9.17) is 4.42 Å². The zero-order valence-electron chi connectivity index (χ0n) is 13.9. The second-order valence-electron chi connectivity index (χ2n) is 6.79. The van der Waals surface area contributed by atoms with E-state index in [-0.39, 0.29) is 6.04 Å². The highest BCUT2D eigenvalue weighted by Crippen LogP contribution is 2.43. The van der Waals surface area contributed by atoms with Gasteiger partial charge in [-0.15, -0.1) is 0 Å². The second-order valence-corrected chi connectivity index (χ2v) is 8.68. The fraction of sp³-hybridized carbons (Fsp3) is 0.368. The Morgan fingerprint density at radius 2 is 1.75 bits per heavy atom. The van der Waals surface area contributed by atoms with Gasteiger partial charge in [0.15, 0.2) is 0 Å². The molecular formula is C19H21NO3S. The summed E-state index contributed by atoms with van der Waals surface area (Å²) in [5.74, 6) is 2.05. The number of nitrogens with zero attached hydrogens (tertiary/aromatic N) is 1. The lowest BCUT2D eigenvalue weighted by molar-refractivity contribution is 0.382. The van der Waals surface area contributed by atoms with E-state index in [9.17, 15) is 8.42 Å². The number of hydrogen-bond donors (Lipinski definition) is 0. The maximum Gasteiger partial charge on any atom is 0.243 e. The summed E-state index contributed by atoms with van der Waals surface area (Å²) in [5.41, 5.74) is 2.02. The number of furan rings is 1. The van der Waals surface area contributed by atoms with E-state index < -0.39 is 10.0 Å². The SMILES string of the molecule is Cc1ccc(S(=O)(=O)N2CC(c3ccc(C)o3)=CC2C2CC2)cc1. The lowest BCUT2D eigenvalue weighted by atomic mass is 10.1. The molecule has 0 radical (unpaired) electrons. The van der Waals surface area contributed by atoms with Gasteiger partial charge in [-0.25, -0.2) is 8.42 Å². The molecule has 1 aliphatic carbocycles. The quantitative estimate of drug-likeness (QED) is 0.849. The largest absolute Gasteiger partial charge is 0.462 e. The first kappa shape index (κ1) is 15.7. The average Bonchev–Trinajstić information content (AvgIpc) is 3.14. The molecule has 2 aromatic rings. The van der Waals surface area contributed by atoms with Gasteiger partial charge < -0.3 is 4.42 Å². The van der Waals surface area contributed by atoms with Gasteiger partial charge in [-0.2, -0.15) is 4.31 Å². The standard InChI is InChI=1S/C19H21NO3S/c1-13-3-8-17(9-4-13)24(21,22)20-12-16(11-18(20)15-6-7-15)19-10-5-14(2)23-19/h3-5,8-11,15,18H,6-7,12H2,1-2H3. The van der Waals surface area contributed by atoms with E-state index in [1.54, 1.807) is 16.4 Å². The summed E-state index contributed by atoms with van der Waals surface area (Å²) in [6, 6.07) is 10.9. The van der Waals surface area contributed by atoms with Gasteiger partial charge >= 0.3 is 0 Å². The van der Waals surface area contributed by atoms with E-state index in [1.807, 2.05) is 38.1 Å². The first-order valence-corrected chi connectivity index (χ1v) is 9.75. The molecule has 1 atom stereocenters. The van der Waals surface area contributed by atoms with Crippen molar-refractivity contribution in [3.63, 3.8) is 0 Å². The molecule has 2 heterocycles. The zero-order chi connectivity index (χ0) is 16.9. The fourth-order valence-electron chi connectivity index (χ4n) is 3.28. The Labute approximate surface area is 142 Å². The number of rotatable bonds is 4. The highest BCUT2D eigenvalue weighted by molar-refractivity contribution is 7.89. The Bertz CT molecular complexity index is 889. The number of aryl methyl sites for hydroxylation is 2. The Hall–Kier alpha value is -1.85. The predicted molar refractivity (Wildman–Crippen MR) is 93.0 cm³/mol. The van der Waals surface area contributed by atoms with Crippen LogP contribution < -0.4 is 0 Å². The summed E-state index contributed by atoms with van der Waals surface area (Å²) in [7, 11) is -3.50. The molecule has 1 aliphatic heterocycles. The van der Waals surface area contributed by atoms with E-state index in [0.29, 0.717) is 17.4 Å². The van der Waals surface area contributed by atoms with Gasteiger partial charge in [0.2, 0.25) is 10.0 Å². The van der Waals surface area contributed by atoms with Crippen LogP contribution in [0.2, 0.25) is 0 Å². The van der Waals surface area contributed by atoms with Crippen LogP contribution >= 0.6 is 0 Å². The molecule has 1 aromatic heterocycles. The lowest BCUT2D eigenvalue weighted by Gasteiger charge is -2.24. The molecule has 1 fully saturated rings. The molecule has 0 N–H and O–H groups in total. The van der Waals surface area contributed by atoms with Crippen molar-refractivity contribution in [2.45, 2.75) is 37.6 Å². The average molecular weight is 343 g/mol. The minimum Gasteiger partial charge on any atom is -0.462 e. The topological polar surface area (TPSA) is 50.5 Å². The minimum atomic E-state index is -3.50. The van der Waals surface area contributed by atoms with Crippen LogP contribution in [0.15, 0.2) is 51.8 Å². The number of benzene rings is 1. The van der Waals surface area contributed by atoms with E-state index in [1.165, 1.54) is 0 Å². The first-order chi connectivity index (χ1) is 11.4. The Morgan fingerprint density at radius 3 is 2.33 bits per heavy atom. The van der Waals surface area contributed by atoms with Gasteiger partial charge in [-0.1, -0.05) is 23.8 Å². The van der Waals surface area contributed by atoms with Crippen molar-refractivity contribution < 1.29 is 12.8 Å². The molecule has 1 aromatic carbocycles. The molecule has 4 rings (SSSR count). The van der Waals surface area contributed by atoms with Gasteiger partial charge in [-0.3, -0.25) is 0 Å². The third-order valence-electron chi connectivity index (χ3n) is 4.82. The summed E-state index contributed by atoms with van der Waals surface area (Å²) in [4.78, 5) is 0.365. The van der Waals surface area contributed by atoms with Crippen LogP contribution in [0.1, 0.15) is 29.9 Å². The molecule has 1 saturated carbocycles. The van der Waals surface area contributed by atoms with Crippen molar-refractivity contribution in [3.05, 3.63) is 59.6 Å². The van der Waals surface area contributed by atoms with Crippen LogP contribution in [0.3, 0.4) is 0 Å². The molecule has 1 unspecified atom stereocenters. The molecular weight excluding hydrogens is 322 g/mol. The molecule has 126 valence electrons. The molecule has 5 heteroatoms. The summed E-state index contributed by atoms with van der Waals surface area (Å²) in [6.07, 6.45) is 4.26. The van der Waals surface area contributed by atoms with E-state index >= 15 is 0 Å². The van der Waals surface area contributed by atoms with Crippen LogP contribution in [0.25, 0.3) is 5.57 Å². The van der Waals surface area contributed by atoms with Crippen molar-refractivity contribution in [2.75, 3.05) is 6.54 Å². The maximum absolute atomic E-state index is 13.1. The highest BCUT2D eigenvalue weighted by Gasteiger charge is 2.44. The molecule has 0 saturated heterocycles. The first-order valence-electron chi connectivity index (χ1n) is 8.31. The Balaban J connectivity index is 1.68. The molecule has 0 spiro atoms. The molecule has 0 amide bonds. The van der Waals surface area contributed by atoms with Crippen LogP contribution in [0, 0.1) is 19.8 Å². The molecule has 24 heavy (non-hydrogen) atoms. The third kappa shape index (κ3) is 2.72. The molecule has 0 bridgehead atoms. The summed E-state index contributed by atoms with van der Waals surface area (Å²) >= 11 is 0. The van der Waals surface area contributed by atoms with Crippen LogP contribution in [0.5, 0.6) is 0 Å². The van der Waals surface area contributed by atoms with Crippen molar-refractivity contribution in [1.82, 2.24) is 4.31 Å².